The van der Waals surface area contributed by atoms with Gasteiger partial charge in [0, 0.05) is 43.7 Å². The van der Waals surface area contributed by atoms with Crippen molar-refractivity contribution in [3.63, 3.8) is 0 Å². The third-order valence-corrected chi connectivity index (χ3v) is 5.46. The molecule has 0 spiro atoms. The Morgan fingerprint density at radius 1 is 0.649 bits per heavy atom. The molecule has 11 heteroatoms. The van der Waals surface area contributed by atoms with Crippen LogP contribution < -0.4 is 0 Å². The minimum absolute atomic E-state index is 0.219. The molecular weight excluding hydrogens is 484 g/mol. The molecule has 0 aromatic heterocycles. The molecule has 3 aromatic rings. The highest BCUT2D eigenvalue weighted by Crippen LogP contribution is 2.41. The van der Waals surface area contributed by atoms with Crippen LogP contribution in [0.5, 0.6) is 0 Å². The second kappa shape index (κ2) is 11.7. The van der Waals surface area contributed by atoms with Crippen molar-refractivity contribution in [1.29, 1.82) is 0 Å². The van der Waals surface area contributed by atoms with Crippen molar-refractivity contribution in [3.05, 3.63) is 116 Å². The van der Waals surface area contributed by atoms with Crippen molar-refractivity contribution in [2.45, 2.75) is 26.1 Å². The maximum atomic E-state index is 13.9. The minimum atomic E-state index is -1.35. The molecule has 0 aliphatic rings. The average molecular weight is 506 g/mol. The van der Waals surface area contributed by atoms with E-state index in [2.05, 4.69) is 0 Å². The van der Waals surface area contributed by atoms with Gasteiger partial charge in [-0.05, 0) is 35.4 Å². The van der Waals surface area contributed by atoms with E-state index in [1.807, 2.05) is 0 Å². The number of carbonyl (C=O) groups excluding carboxylic acids is 3. The van der Waals surface area contributed by atoms with E-state index in [1.54, 1.807) is 18.2 Å². The van der Waals surface area contributed by atoms with Crippen LogP contribution in [0.4, 0.5) is 11.4 Å². The Morgan fingerprint density at radius 3 is 1.35 bits per heavy atom. The quantitative estimate of drug-likeness (QED) is 0.161. The van der Waals surface area contributed by atoms with Crippen molar-refractivity contribution in [2.75, 3.05) is 0 Å². The lowest BCUT2D eigenvalue weighted by atomic mass is 9.81. The van der Waals surface area contributed by atoms with E-state index in [1.165, 1.54) is 60.7 Å². The summed E-state index contributed by atoms with van der Waals surface area (Å²) in [6.07, 6.45) is -2.66. The first kappa shape index (κ1) is 26.7. The summed E-state index contributed by atoms with van der Waals surface area (Å²) in [5.74, 6) is -3.40. The van der Waals surface area contributed by atoms with Gasteiger partial charge in [0.05, 0.1) is 9.85 Å². The molecule has 0 unspecified atom stereocenters. The number of non-ortho nitro benzene ring substituents is 2. The standard InChI is InChI=1S/C26H22N2O9/c1-16(29)36-25(19-8-12-21(13-9-19)27(32)33)23(24(31)18-6-4-3-5-7-18)26(37-17(2)30)20-10-14-22(15-11-20)28(34)35/h3-15,23,25-26H,1-2H3/t25-,26-/m0/s1. The van der Waals surface area contributed by atoms with Gasteiger partial charge in [-0.3, -0.25) is 34.6 Å². The number of hydrogen-bond donors (Lipinski definition) is 0. The van der Waals surface area contributed by atoms with Crippen molar-refractivity contribution in [3.8, 4) is 0 Å². The minimum Gasteiger partial charge on any atom is -0.457 e. The molecule has 2 atom stereocenters. The van der Waals surface area contributed by atoms with Crippen LogP contribution in [0.15, 0.2) is 78.9 Å². The van der Waals surface area contributed by atoms with Gasteiger partial charge in [-0.1, -0.05) is 30.3 Å². The van der Waals surface area contributed by atoms with E-state index in [0.717, 1.165) is 13.8 Å². The second-order valence-electron chi connectivity index (χ2n) is 8.01. The van der Waals surface area contributed by atoms with Gasteiger partial charge >= 0.3 is 11.9 Å². The predicted octanol–water partition coefficient (Wildman–Crippen LogP) is 4.91. The molecule has 0 aliphatic heterocycles. The summed E-state index contributed by atoms with van der Waals surface area (Å²) in [5.41, 5.74) is 0.278. The monoisotopic (exact) mass is 506 g/mol. The zero-order valence-corrected chi connectivity index (χ0v) is 19.8. The molecule has 190 valence electrons. The van der Waals surface area contributed by atoms with Crippen LogP contribution in [0.25, 0.3) is 0 Å². The Labute approximate surface area is 210 Å². The van der Waals surface area contributed by atoms with Crippen LogP contribution in [0.2, 0.25) is 0 Å². The highest BCUT2D eigenvalue weighted by Gasteiger charge is 2.42. The van der Waals surface area contributed by atoms with Gasteiger partial charge in [0.25, 0.3) is 11.4 Å². The van der Waals surface area contributed by atoms with E-state index in [9.17, 15) is 34.6 Å². The number of nitro benzene ring substituents is 2. The Bertz CT molecular complexity index is 1230. The summed E-state index contributed by atoms with van der Waals surface area (Å²) in [6, 6.07) is 18.2. The number of benzene rings is 3. The summed E-state index contributed by atoms with van der Waals surface area (Å²) in [6.45, 7) is 2.27. The number of ether oxygens (including phenoxy) is 2. The number of rotatable bonds is 10. The number of carbonyl (C=O) groups is 3. The Hall–Kier alpha value is -4.93. The summed E-state index contributed by atoms with van der Waals surface area (Å²) in [5, 5.41) is 22.3. The van der Waals surface area contributed by atoms with Crippen LogP contribution in [0.3, 0.4) is 0 Å². The van der Waals surface area contributed by atoms with Crippen LogP contribution in [0.1, 0.15) is 47.5 Å². The molecule has 0 aliphatic carbocycles. The normalized spacial score (nSPS) is 12.3. The Kier molecular flexibility index (Phi) is 8.41. The van der Waals surface area contributed by atoms with Gasteiger partial charge in [-0.25, -0.2) is 0 Å². The lowest BCUT2D eigenvalue weighted by Crippen LogP contribution is -2.33. The second-order valence-corrected chi connectivity index (χ2v) is 8.01. The van der Waals surface area contributed by atoms with Crippen molar-refractivity contribution in [2.24, 2.45) is 5.92 Å². The van der Waals surface area contributed by atoms with E-state index >= 15 is 0 Å². The fourth-order valence-corrected chi connectivity index (χ4v) is 3.85. The zero-order chi connectivity index (χ0) is 27.1. The molecular formula is C26H22N2O9. The topological polar surface area (TPSA) is 156 Å². The first-order valence-corrected chi connectivity index (χ1v) is 11.0. The molecule has 11 nitrogen and oxygen atoms in total. The van der Waals surface area contributed by atoms with Crippen LogP contribution >= 0.6 is 0 Å². The number of nitrogens with zero attached hydrogens (tertiary/aromatic N) is 2. The maximum absolute atomic E-state index is 13.9. The molecule has 3 rings (SSSR count). The summed E-state index contributed by atoms with van der Waals surface area (Å²) < 4.78 is 11.1. The third-order valence-electron chi connectivity index (χ3n) is 5.46. The number of nitro groups is 2. The first-order chi connectivity index (χ1) is 17.6. The number of Topliss-reactive ketones (excluding diaryl/α,β-unsaturated/α-hetero) is 1. The van der Waals surface area contributed by atoms with Gasteiger partial charge in [0.2, 0.25) is 0 Å². The maximum Gasteiger partial charge on any atom is 0.303 e. The van der Waals surface area contributed by atoms with E-state index in [0.29, 0.717) is 0 Å². The van der Waals surface area contributed by atoms with Gasteiger partial charge < -0.3 is 9.47 Å². The summed E-state index contributed by atoms with van der Waals surface area (Å²) in [7, 11) is 0. The van der Waals surface area contributed by atoms with E-state index in [4.69, 9.17) is 9.47 Å². The molecule has 3 aromatic carbocycles. The van der Waals surface area contributed by atoms with Gasteiger partial charge in [-0.2, -0.15) is 0 Å². The van der Waals surface area contributed by atoms with Gasteiger partial charge in [-0.15, -0.1) is 0 Å². The average Bonchev–Trinajstić information content (AvgIpc) is 2.87. The van der Waals surface area contributed by atoms with E-state index in [-0.39, 0.29) is 28.1 Å². The fourth-order valence-electron chi connectivity index (χ4n) is 3.85. The van der Waals surface area contributed by atoms with Gasteiger partial charge in [0.1, 0.15) is 18.1 Å². The number of esters is 2. The molecule has 0 fully saturated rings. The molecule has 0 amide bonds. The summed E-state index contributed by atoms with van der Waals surface area (Å²) >= 11 is 0. The molecule has 0 bridgehead atoms. The zero-order valence-electron chi connectivity index (χ0n) is 19.8. The molecule has 0 N–H and O–H groups in total. The van der Waals surface area contributed by atoms with E-state index < -0.39 is 45.7 Å². The van der Waals surface area contributed by atoms with Crippen molar-refractivity contribution < 1.29 is 33.7 Å². The molecule has 0 saturated heterocycles. The summed E-state index contributed by atoms with van der Waals surface area (Å²) in [4.78, 5) is 59.2. The lowest BCUT2D eigenvalue weighted by Gasteiger charge is -2.32. The third kappa shape index (κ3) is 6.60. The fraction of sp³-hybridized carbons (Fsp3) is 0.192. The van der Waals surface area contributed by atoms with Crippen LogP contribution in [0, 0.1) is 26.1 Å². The Morgan fingerprint density at radius 2 is 1.03 bits per heavy atom. The molecule has 0 radical (unpaired) electrons. The SMILES string of the molecule is CC(=O)O[C@@H](c1ccc([N+](=O)[O-])cc1)C(C(=O)c1ccccc1)[C@@H](OC(C)=O)c1ccc([N+](=O)[O-])cc1. The highest BCUT2D eigenvalue weighted by atomic mass is 16.6. The Balaban J connectivity index is 2.22. The molecule has 37 heavy (non-hydrogen) atoms. The number of ketones is 1. The smallest absolute Gasteiger partial charge is 0.303 e. The predicted molar refractivity (Wildman–Crippen MR) is 129 cm³/mol. The van der Waals surface area contributed by atoms with Gasteiger partial charge in [0.15, 0.2) is 5.78 Å². The number of hydrogen-bond acceptors (Lipinski definition) is 9. The molecule has 0 saturated carbocycles. The van der Waals surface area contributed by atoms with Crippen molar-refractivity contribution >= 4 is 29.1 Å². The van der Waals surface area contributed by atoms with Crippen molar-refractivity contribution in [1.82, 2.24) is 0 Å². The van der Waals surface area contributed by atoms with Crippen LogP contribution in [-0.2, 0) is 19.1 Å². The first-order valence-electron chi connectivity index (χ1n) is 11.0. The largest absolute Gasteiger partial charge is 0.457 e. The highest BCUT2D eigenvalue weighted by molar-refractivity contribution is 5.99. The lowest BCUT2D eigenvalue weighted by molar-refractivity contribution is -0.385. The van der Waals surface area contributed by atoms with Crippen LogP contribution in [-0.4, -0.2) is 27.6 Å². The molecule has 0 heterocycles.